The average Bonchev–Trinajstić information content (AvgIpc) is 2.30. The molecule has 2 atom stereocenters. The first kappa shape index (κ1) is 24.6. The molecule has 25 heavy (non-hydrogen) atoms. The van der Waals surface area contributed by atoms with Gasteiger partial charge in [0.15, 0.2) is 8.32 Å². The van der Waals surface area contributed by atoms with Crippen molar-refractivity contribution in [2.24, 2.45) is 11.8 Å². The molecule has 0 N–H and O–H groups in total. The van der Waals surface area contributed by atoms with E-state index in [0.29, 0.717) is 0 Å². The molecular weight excluding hydrogens is 368 g/mol. The summed E-state index contributed by atoms with van der Waals surface area (Å²) in [5, 5.41) is 0. The van der Waals surface area contributed by atoms with Gasteiger partial charge >= 0.3 is 0 Å². The highest BCUT2D eigenvalue weighted by molar-refractivity contribution is 6.71. The van der Waals surface area contributed by atoms with E-state index in [-0.39, 0.29) is 11.9 Å². The summed E-state index contributed by atoms with van der Waals surface area (Å²) in [5.74, 6) is -1.72. The van der Waals surface area contributed by atoms with Gasteiger partial charge in [-0.15, -0.1) is 0 Å². The van der Waals surface area contributed by atoms with Crippen molar-refractivity contribution in [1.82, 2.24) is 0 Å². The maximum atomic E-state index is 12.7. The molecule has 0 aliphatic carbocycles. The van der Waals surface area contributed by atoms with Crippen LogP contribution in [0.1, 0.15) is 20.8 Å². The van der Waals surface area contributed by atoms with Crippen LogP contribution in [0, 0.1) is 11.8 Å². The number of carbonyl (C=O) groups excluding carboxylic acids is 2. The van der Waals surface area contributed by atoms with Crippen LogP contribution in [0.25, 0.3) is 0 Å². The SMILES string of the molecule is CC(C(=O)O[Si](C)(C)C)C(C)(O[Si](C)(C)C)C(C)C(=O)O[Si](C)(C)C. The molecule has 0 radical (unpaired) electrons. The summed E-state index contributed by atoms with van der Waals surface area (Å²) in [4.78, 5) is 25.4. The number of rotatable bonds is 8. The van der Waals surface area contributed by atoms with Gasteiger partial charge in [-0.2, -0.15) is 0 Å². The summed E-state index contributed by atoms with van der Waals surface area (Å²) in [6.07, 6.45) is 0. The highest BCUT2D eigenvalue weighted by Gasteiger charge is 2.49. The smallest absolute Gasteiger partial charge is 0.298 e. The zero-order chi connectivity index (χ0) is 20.4. The Labute approximate surface area is 157 Å². The lowest BCUT2D eigenvalue weighted by Crippen LogP contribution is -2.55. The van der Waals surface area contributed by atoms with Gasteiger partial charge in [0.25, 0.3) is 11.9 Å². The van der Waals surface area contributed by atoms with Gasteiger partial charge in [-0.3, -0.25) is 9.59 Å². The molecule has 0 aromatic heterocycles. The molecular formula is C17H38O5Si3. The molecule has 0 saturated carbocycles. The number of hydrogen-bond donors (Lipinski definition) is 0. The van der Waals surface area contributed by atoms with E-state index < -0.39 is 42.4 Å². The molecule has 0 aliphatic rings. The monoisotopic (exact) mass is 406 g/mol. The second-order valence-electron chi connectivity index (χ2n) is 9.91. The molecule has 8 heteroatoms. The van der Waals surface area contributed by atoms with Crippen LogP contribution in [0.4, 0.5) is 0 Å². The Bertz CT molecular complexity index is 452. The zero-order valence-corrected chi connectivity index (χ0v) is 21.2. The fourth-order valence-electron chi connectivity index (χ4n) is 2.46. The first-order valence-electron chi connectivity index (χ1n) is 8.94. The van der Waals surface area contributed by atoms with E-state index in [1.54, 1.807) is 13.8 Å². The van der Waals surface area contributed by atoms with Crippen LogP contribution in [-0.4, -0.2) is 42.5 Å². The van der Waals surface area contributed by atoms with E-state index in [0.717, 1.165) is 0 Å². The Balaban J connectivity index is 5.72. The molecule has 0 amide bonds. The van der Waals surface area contributed by atoms with Gasteiger partial charge in [-0.1, -0.05) is 0 Å². The van der Waals surface area contributed by atoms with Gasteiger partial charge < -0.3 is 13.3 Å². The minimum absolute atomic E-state index is 0.299. The lowest BCUT2D eigenvalue weighted by Gasteiger charge is -2.44. The second kappa shape index (κ2) is 8.06. The van der Waals surface area contributed by atoms with Crippen LogP contribution >= 0.6 is 0 Å². The highest BCUT2D eigenvalue weighted by atomic mass is 28.4. The van der Waals surface area contributed by atoms with Gasteiger partial charge in [0.1, 0.15) is 0 Å². The number of hydrogen-bond acceptors (Lipinski definition) is 5. The Morgan fingerprint density at radius 1 is 0.680 bits per heavy atom. The lowest BCUT2D eigenvalue weighted by molar-refractivity contribution is -0.158. The van der Waals surface area contributed by atoms with Crippen LogP contribution in [0.15, 0.2) is 0 Å². The van der Waals surface area contributed by atoms with Gasteiger partial charge in [0.2, 0.25) is 16.6 Å². The molecule has 0 rings (SSSR count). The van der Waals surface area contributed by atoms with Crippen molar-refractivity contribution in [3.8, 4) is 0 Å². The maximum Gasteiger partial charge on any atom is 0.298 e. The number of carbonyl (C=O) groups is 2. The van der Waals surface area contributed by atoms with Crippen molar-refractivity contribution in [3.05, 3.63) is 0 Å². The molecule has 0 spiro atoms. The summed E-state index contributed by atoms with van der Waals surface area (Å²) in [6, 6.07) is 0. The van der Waals surface area contributed by atoms with E-state index in [9.17, 15) is 9.59 Å². The van der Waals surface area contributed by atoms with Crippen LogP contribution in [-0.2, 0) is 22.9 Å². The van der Waals surface area contributed by atoms with E-state index >= 15 is 0 Å². The van der Waals surface area contributed by atoms with Crippen LogP contribution in [0.3, 0.4) is 0 Å². The van der Waals surface area contributed by atoms with E-state index in [1.165, 1.54) is 0 Å². The van der Waals surface area contributed by atoms with Crippen LogP contribution in [0.2, 0.25) is 58.9 Å². The predicted octanol–water partition coefficient (Wildman–Crippen LogP) is 4.63. The molecule has 0 saturated heterocycles. The molecule has 148 valence electrons. The minimum Gasteiger partial charge on any atom is -0.520 e. The largest absolute Gasteiger partial charge is 0.520 e. The zero-order valence-electron chi connectivity index (χ0n) is 18.2. The van der Waals surface area contributed by atoms with Crippen molar-refractivity contribution in [2.45, 2.75) is 85.3 Å². The van der Waals surface area contributed by atoms with E-state index in [1.807, 2.05) is 46.2 Å². The molecule has 0 aliphatic heterocycles. The molecule has 0 fully saturated rings. The first-order valence-corrected chi connectivity index (χ1v) is 19.2. The maximum absolute atomic E-state index is 12.7. The summed E-state index contributed by atoms with van der Waals surface area (Å²) in [7, 11) is -6.07. The van der Waals surface area contributed by atoms with E-state index in [2.05, 4.69) is 19.6 Å². The summed E-state index contributed by atoms with van der Waals surface area (Å²) in [6.45, 7) is 23.4. The lowest BCUT2D eigenvalue weighted by atomic mass is 9.80. The highest BCUT2D eigenvalue weighted by Crippen LogP contribution is 2.36. The Kier molecular flexibility index (Phi) is 7.91. The Hall–Kier alpha value is -0.449. The first-order chi connectivity index (χ1) is 10.8. The van der Waals surface area contributed by atoms with Gasteiger partial charge in [0, 0.05) is 0 Å². The van der Waals surface area contributed by atoms with E-state index in [4.69, 9.17) is 13.3 Å². The van der Waals surface area contributed by atoms with Gasteiger partial charge in [-0.25, -0.2) is 0 Å². The normalized spacial score (nSPS) is 18.1. The van der Waals surface area contributed by atoms with Crippen LogP contribution in [0.5, 0.6) is 0 Å². The molecule has 0 aromatic rings. The van der Waals surface area contributed by atoms with Crippen molar-refractivity contribution in [3.63, 3.8) is 0 Å². The van der Waals surface area contributed by atoms with Crippen molar-refractivity contribution in [1.29, 1.82) is 0 Å². The fourth-order valence-corrected chi connectivity index (χ4v) is 5.69. The van der Waals surface area contributed by atoms with Crippen molar-refractivity contribution < 1.29 is 22.9 Å². The molecule has 0 heterocycles. The van der Waals surface area contributed by atoms with Gasteiger partial charge in [0.05, 0.1) is 17.4 Å². The Morgan fingerprint density at radius 3 is 1.16 bits per heavy atom. The minimum atomic E-state index is -2.02. The fraction of sp³-hybridized carbons (Fsp3) is 0.882. The third-order valence-corrected chi connectivity index (χ3v) is 6.45. The molecule has 0 bridgehead atoms. The Morgan fingerprint density at radius 2 is 0.960 bits per heavy atom. The van der Waals surface area contributed by atoms with Crippen molar-refractivity contribution in [2.75, 3.05) is 0 Å². The summed E-state index contributed by atoms with van der Waals surface area (Å²) < 4.78 is 17.8. The van der Waals surface area contributed by atoms with Gasteiger partial charge in [-0.05, 0) is 79.7 Å². The topological polar surface area (TPSA) is 61.8 Å². The molecule has 0 aromatic carbocycles. The molecule has 2 unspecified atom stereocenters. The average molecular weight is 407 g/mol. The predicted molar refractivity (Wildman–Crippen MR) is 110 cm³/mol. The summed E-state index contributed by atoms with van der Waals surface area (Å²) >= 11 is 0. The third-order valence-electron chi connectivity index (χ3n) is 3.77. The second-order valence-corrected chi connectivity index (χ2v) is 23.2. The standard InChI is InChI=1S/C17H38O5Si3/c1-13(15(18)20-23(4,5)6)17(3,22-25(10,11)12)14(2)16(19)21-24(7,8)9/h13-14H,1-12H3. The van der Waals surface area contributed by atoms with Crippen molar-refractivity contribution >= 4 is 36.9 Å². The quantitative estimate of drug-likeness (QED) is 0.550. The summed E-state index contributed by atoms with van der Waals surface area (Å²) in [5.41, 5.74) is -0.960. The van der Waals surface area contributed by atoms with Crippen LogP contribution < -0.4 is 0 Å². The molecule has 5 nitrogen and oxygen atoms in total. The third kappa shape index (κ3) is 8.65.